The largest absolute Gasteiger partial charge is 0.358 e. The Morgan fingerprint density at radius 3 is 1.96 bits per heavy atom. The molecule has 1 aliphatic heterocycles. The monoisotopic (exact) mass is 479 g/mol. The average molecular weight is 479 g/mol. The molecule has 0 amide bonds. The van der Waals surface area contributed by atoms with Gasteiger partial charge in [-0.05, 0) is 24.3 Å². The standard InChI is InChI=1S/C19H15N2.CH3.Ir/c1-3-9-16(10-4-1)20-15-21(17-11-5-2-6-12-17)19-14-8-7-13-18(19)20;;/h1-11,13-14H,15H2;1H3;/q2*-1;. The molecule has 0 saturated carbocycles. The first-order valence-corrected chi connectivity index (χ1v) is 7.09. The van der Waals surface area contributed by atoms with E-state index < -0.39 is 0 Å². The van der Waals surface area contributed by atoms with Crippen molar-refractivity contribution < 1.29 is 20.1 Å². The molecular weight excluding hydrogens is 460 g/mol. The van der Waals surface area contributed by atoms with Crippen molar-refractivity contribution >= 4 is 22.7 Å². The van der Waals surface area contributed by atoms with Crippen LogP contribution < -0.4 is 9.80 Å². The molecule has 1 radical (unpaired) electrons. The molecule has 2 nitrogen and oxygen atoms in total. The molecule has 0 N–H and O–H groups in total. The quantitative estimate of drug-likeness (QED) is 0.468. The zero-order valence-electron chi connectivity index (χ0n) is 12.9. The van der Waals surface area contributed by atoms with Crippen LogP contribution in [0.1, 0.15) is 0 Å². The summed E-state index contributed by atoms with van der Waals surface area (Å²) in [4.78, 5) is 4.62. The van der Waals surface area contributed by atoms with Gasteiger partial charge in [0.05, 0.1) is 18.0 Å². The Labute approximate surface area is 151 Å². The van der Waals surface area contributed by atoms with Crippen molar-refractivity contribution in [3.63, 3.8) is 0 Å². The predicted molar refractivity (Wildman–Crippen MR) is 93.7 cm³/mol. The van der Waals surface area contributed by atoms with Crippen LogP contribution in [0.15, 0.2) is 78.9 Å². The number of benzene rings is 3. The van der Waals surface area contributed by atoms with Gasteiger partial charge in [-0.25, -0.2) is 0 Å². The third kappa shape index (κ3) is 3.17. The zero-order valence-corrected chi connectivity index (χ0v) is 15.3. The van der Waals surface area contributed by atoms with Crippen molar-refractivity contribution in [2.45, 2.75) is 0 Å². The topological polar surface area (TPSA) is 6.48 Å². The summed E-state index contributed by atoms with van der Waals surface area (Å²) in [6.07, 6.45) is 0. The summed E-state index contributed by atoms with van der Waals surface area (Å²) in [5, 5.41) is 0. The Hall–Kier alpha value is -2.09. The van der Waals surface area contributed by atoms with Gasteiger partial charge in [0.25, 0.3) is 0 Å². The molecule has 3 aromatic carbocycles. The molecule has 0 atom stereocenters. The van der Waals surface area contributed by atoms with Crippen molar-refractivity contribution in [2.24, 2.45) is 0 Å². The van der Waals surface area contributed by atoms with Crippen LogP contribution in [0.25, 0.3) is 0 Å². The third-order valence-corrected chi connectivity index (χ3v) is 3.80. The summed E-state index contributed by atoms with van der Waals surface area (Å²) in [7, 11) is 0. The van der Waals surface area contributed by atoms with E-state index in [0.29, 0.717) is 0 Å². The van der Waals surface area contributed by atoms with E-state index in [1.54, 1.807) is 0 Å². The zero-order chi connectivity index (χ0) is 14.1. The van der Waals surface area contributed by atoms with Gasteiger partial charge >= 0.3 is 0 Å². The Bertz CT molecular complexity index is 679. The van der Waals surface area contributed by atoms with Crippen LogP contribution in [-0.2, 0) is 20.1 Å². The summed E-state index contributed by atoms with van der Waals surface area (Å²) in [6.45, 7) is 0.809. The van der Waals surface area contributed by atoms with E-state index in [2.05, 4.69) is 76.5 Å². The van der Waals surface area contributed by atoms with Crippen LogP contribution in [0.2, 0.25) is 0 Å². The molecular formula is C20H18IrN2-2. The maximum atomic E-state index is 3.32. The van der Waals surface area contributed by atoms with E-state index >= 15 is 0 Å². The smallest absolute Gasteiger partial charge is 0.0978 e. The summed E-state index contributed by atoms with van der Waals surface area (Å²) in [6, 6.07) is 30.5. The third-order valence-electron chi connectivity index (χ3n) is 3.80. The molecule has 3 heteroatoms. The fraction of sp³-hybridized carbons (Fsp3) is 0.0500. The minimum atomic E-state index is 0. The van der Waals surface area contributed by atoms with Gasteiger partial charge in [-0.3, -0.25) is 0 Å². The number of para-hydroxylation sites is 4. The van der Waals surface area contributed by atoms with E-state index in [-0.39, 0.29) is 27.5 Å². The minimum absolute atomic E-state index is 0. The van der Waals surface area contributed by atoms with Crippen LogP contribution in [-0.4, -0.2) is 6.67 Å². The number of hydrogen-bond acceptors (Lipinski definition) is 2. The van der Waals surface area contributed by atoms with Crippen LogP contribution in [0.5, 0.6) is 0 Å². The Morgan fingerprint density at radius 2 is 1.30 bits per heavy atom. The van der Waals surface area contributed by atoms with E-state index in [4.69, 9.17) is 0 Å². The van der Waals surface area contributed by atoms with Crippen LogP contribution >= 0.6 is 0 Å². The molecule has 1 aliphatic rings. The predicted octanol–water partition coefficient (Wildman–Crippen LogP) is 5.18. The first kappa shape index (κ1) is 17.3. The van der Waals surface area contributed by atoms with Crippen LogP contribution in [0.4, 0.5) is 22.7 Å². The Kier molecular flexibility index (Phi) is 5.59. The van der Waals surface area contributed by atoms with Crippen LogP contribution in [0.3, 0.4) is 0 Å². The minimum Gasteiger partial charge on any atom is -0.358 e. The van der Waals surface area contributed by atoms with Crippen molar-refractivity contribution in [1.29, 1.82) is 0 Å². The van der Waals surface area contributed by atoms with Gasteiger partial charge < -0.3 is 17.2 Å². The van der Waals surface area contributed by atoms with E-state index in [1.807, 2.05) is 18.2 Å². The molecule has 1 heterocycles. The molecule has 0 fully saturated rings. The van der Waals surface area contributed by atoms with Gasteiger partial charge in [0.1, 0.15) is 0 Å². The molecule has 4 rings (SSSR count). The first-order chi connectivity index (χ1) is 10.4. The molecule has 0 aliphatic carbocycles. The van der Waals surface area contributed by atoms with Crippen LogP contribution in [0, 0.1) is 13.5 Å². The number of hydrogen-bond donors (Lipinski definition) is 0. The molecule has 23 heavy (non-hydrogen) atoms. The molecule has 0 aromatic heterocycles. The Morgan fingerprint density at radius 1 is 0.696 bits per heavy atom. The number of nitrogens with zero attached hydrogens (tertiary/aromatic N) is 2. The second kappa shape index (κ2) is 7.45. The van der Waals surface area contributed by atoms with E-state index in [9.17, 15) is 0 Å². The van der Waals surface area contributed by atoms with Gasteiger partial charge in [0.2, 0.25) is 0 Å². The normalized spacial score (nSPS) is 12.2. The van der Waals surface area contributed by atoms with Gasteiger partial charge in [0, 0.05) is 25.8 Å². The Balaban J connectivity index is 0.000000960. The van der Waals surface area contributed by atoms with Crippen molar-refractivity contribution in [3.05, 3.63) is 92.4 Å². The van der Waals surface area contributed by atoms with Crippen molar-refractivity contribution in [3.8, 4) is 0 Å². The second-order valence-electron chi connectivity index (χ2n) is 5.07. The summed E-state index contributed by atoms with van der Waals surface area (Å²) < 4.78 is 0. The number of anilines is 4. The van der Waals surface area contributed by atoms with Crippen molar-refractivity contribution in [1.82, 2.24) is 0 Å². The molecule has 0 bridgehead atoms. The van der Waals surface area contributed by atoms with Gasteiger partial charge in [0.15, 0.2) is 0 Å². The summed E-state index contributed by atoms with van der Waals surface area (Å²) in [5.41, 5.74) is 4.77. The fourth-order valence-electron chi connectivity index (χ4n) is 2.80. The maximum Gasteiger partial charge on any atom is 0.0978 e. The van der Waals surface area contributed by atoms with Crippen molar-refractivity contribution in [2.75, 3.05) is 16.5 Å². The molecule has 3 aromatic rings. The maximum absolute atomic E-state index is 3.32. The molecule has 119 valence electrons. The summed E-state index contributed by atoms with van der Waals surface area (Å²) >= 11 is 0. The van der Waals surface area contributed by atoms with Gasteiger partial charge in [-0.1, -0.05) is 36.0 Å². The fourth-order valence-corrected chi connectivity index (χ4v) is 2.80. The first-order valence-electron chi connectivity index (χ1n) is 7.09. The summed E-state index contributed by atoms with van der Waals surface area (Å²) in [5.74, 6) is 0. The SMILES string of the molecule is [CH3-].[Ir].[c-]1ccccc1N1CN(c2ccccc2)c2ccccc21. The average Bonchev–Trinajstić information content (AvgIpc) is 2.96. The van der Waals surface area contributed by atoms with E-state index in [0.717, 1.165) is 12.4 Å². The molecule has 0 saturated heterocycles. The number of fused-ring (bicyclic) bond motifs is 1. The second-order valence-corrected chi connectivity index (χ2v) is 5.07. The molecule has 0 unspecified atom stereocenters. The van der Waals surface area contributed by atoms with Gasteiger partial charge in [-0.2, -0.15) is 24.3 Å². The number of rotatable bonds is 2. The van der Waals surface area contributed by atoms with Gasteiger partial charge in [-0.15, -0.1) is 6.07 Å². The van der Waals surface area contributed by atoms with E-state index in [1.165, 1.54) is 17.1 Å². The molecule has 0 spiro atoms.